The van der Waals surface area contributed by atoms with Gasteiger partial charge in [0, 0.05) is 19.5 Å². The maximum atomic E-state index is 10.7. The molecular weight excluding hydrogens is 517 g/mol. The highest BCUT2D eigenvalue weighted by Gasteiger charge is 2.24. The number of fused-ring (bicyclic) bond motifs is 1. The number of methoxy groups -OCH3 is 1. The van der Waals surface area contributed by atoms with Crippen LogP contribution < -0.4 is 9.47 Å². The average Bonchev–Trinajstić information content (AvgIpc) is 3.49. The highest BCUT2D eigenvalue weighted by molar-refractivity contribution is 6.32. The zero-order chi connectivity index (χ0) is 25.2. The van der Waals surface area contributed by atoms with Gasteiger partial charge in [0.2, 0.25) is 5.89 Å². The van der Waals surface area contributed by atoms with Gasteiger partial charge in [0.15, 0.2) is 5.76 Å². The van der Waals surface area contributed by atoms with Crippen LogP contribution in [0.4, 0.5) is 0 Å². The summed E-state index contributed by atoms with van der Waals surface area (Å²) in [7, 11) is 1.64. The Labute approximate surface area is 226 Å². The van der Waals surface area contributed by atoms with Crippen LogP contribution in [-0.4, -0.2) is 59.7 Å². The molecule has 1 atom stereocenters. The van der Waals surface area contributed by atoms with Crippen LogP contribution >= 0.6 is 24.0 Å². The lowest BCUT2D eigenvalue weighted by atomic mass is 9.88. The molecule has 5 rings (SSSR count). The second-order valence-corrected chi connectivity index (χ2v) is 9.70. The van der Waals surface area contributed by atoms with Gasteiger partial charge in [0.1, 0.15) is 29.8 Å². The summed E-state index contributed by atoms with van der Waals surface area (Å²) in [5.41, 5.74) is 2.97. The van der Waals surface area contributed by atoms with Gasteiger partial charge in [0.05, 0.1) is 17.5 Å². The third kappa shape index (κ3) is 6.04. The van der Waals surface area contributed by atoms with Crippen molar-refractivity contribution in [1.29, 1.82) is 0 Å². The van der Waals surface area contributed by atoms with E-state index in [0.29, 0.717) is 46.4 Å². The minimum Gasteiger partial charge on any atom is -0.495 e. The summed E-state index contributed by atoms with van der Waals surface area (Å²) in [6.45, 7) is 6.32. The lowest BCUT2D eigenvalue weighted by Gasteiger charge is -2.33. The van der Waals surface area contributed by atoms with Crippen LogP contribution in [0, 0.1) is 13.8 Å². The third-order valence-corrected chi connectivity index (χ3v) is 6.95. The molecule has 10 heteroatoms. The smallest absolute Gasteiger partial charge is 0.283 e. The number of ether oxygens (including phenoxy) is 2. The number of hydrogen-bond donors (Lipinski definition) is 1. The minimum absolute atomic E-state index is 0. The van der Waals surface area contributed by atoms with Crippen molar-refractivity contribution in [1.82, 2.24) is 15.1 Å². The van der Waals surface area contributed by atoms with E-state index in [9.17, 15) is 5.11 Å². The van der Waals surface area contributed by atoms with Crippen LogP contribution in [0.2, 0.25) is 5.02 Å². The summed E-state index contributed by atoms with van der Waals surface area (Å²) in [5.74, 6) is 3.11. The molecule has 1 aliphatic rings. The molecule has 37 heavy (non-hydrogen) atoms. The van der Waals surface area contributed by atoms with Crippen LogP contribution in [0.1, 0.15) is 35.8 Å². The van der Waals surface area contributed by atoms with Gasteiger partial charge in [-0.2, -0.15) is 0 Å². The van der Waals surface area contributed by atoms with Crippen LogP contribution in [0.3, 0.4) is 0 Å². The Morgan fingerprint density at radius 1 is 1.14 bits per heavy atom. The Morgan fingerprint density at radius 3 is 2.59 bits per heavy atom. The fourth-order valence-corrected chi connectivity index (χ4v) is 5.25. The molecular formula is C27H31Cl2N3O5. The van der Waals surface area contributed by atoms with E-state index in [4.69, 9.17) is 29.9 Å². The van der Waals surface area contributed by atoms with E-state index in [-0.39, 0.29) is 19.0 Å². The van der Waals surface area contributed by atoms with E-state index in [1.807, 2.05) is 37.3 Å². The summed E-state index contributed by atoms with van der Waals surface area (Å²) in [4.78, 5) is 2.29. The highest BCUT2D eigenvalue weighted by Crippen LogP contribution is 2.36. The molecule has 1 saturated heterocycles. The summed E-state index contributed by atoms with van der Waals surface area (Å²) in [6, 6.07) is 11.6. The normalized spacial score (nSPS) is 15.5. The van der Waals surface area contributed by atoms with E-state index in [1.54, 1.807) is 14.0 Å². The predicted octanol–water partition coefficient (Wildman–Crippen LogP) is 5.80. The first-order valence-electron chi connectivity index (χ1n) is 12.1. The van der Waals surface area contributed by atoms with Crippen molar-refractivity contribution in [2.75, 3.05) is 33.4 Å². The number of β-amino-alcohol motifs (C(OH)–C–C–N with tert-alkyl or cyclic N) is 1. The van der Waals surface area contributed by atoms with E-state index in [2.05, 4.69) is 21.2 Å². The van der Waals surface area contributed by atoms with Gasteiger partial charge in [-0.15, -0.1) is 22.6 Å². The molecule has 0 aliphatic carbocycles. The van der Waals surface area contributed by atoms with Gasteiger partial charge in [-0.3, -0.25) is 0 Å². The fourth-order valence-electron chi connectivity index (χ4n) is 4.90. The average molecular weight is 548 g/mol. The van der Waals surface area contributed by atoms with Gasteiger partial charge in [-0.05, 0) is 68.1 Å². The number of likely N-dealkylation sites (tertiary alicyclic amines) is 1. The molecule has 0 bridgehead atoms. The lowest BCUT2D eigenvalue weighted by molar-refractivity contribution is 0.0599. The van der Waals surface area contributed by atoms with Crippen molar-refractivity contribution in [3.05, 3.63) is 58.4 Å². The number of rotatable bonds is 8. The van der Waals surface area contributed by atoms with Gasteiger partial charge in [0.25, 0.3) is 5.89 Å². The Morgan fingerprint density at radius 2 is 1.92 bits per heavy atom. The maximum Gasteiger partial charge on any atom is 0.283 e. The van der Waals surface area contributed by atoms with Crippen LogP contribution in [0.15, 0.2) is 45.2 Å². The molecule has 1 aliphatic heterocycles. The van der Waals surface area contributed by atoms with E-state index in [0.717, 1.165) is 42.6 Å². The number of piperidine rings is 1. The standard InChI is InChI=1S/C27H30ClN3O5.ClH/c1-16-11-19(12-22(28)26(16)33-3)18-7-9-31(10-8-18)14-20(32)15-34-23-5-4-6-24-21(23)13-25(36-24)27-30-29-17(2)35-27;/h4-6,11-13,18,20,32H,7-10,14-15H2,1-3H3;1H/t20-;/m0./s1. The summed E-state index contributed by atoms with van der Waals surface area (Å²) in [5, 5.41) is 20.0. The van der Waals surface area contributed by atoms with Crippen LogP contribution in [-0.2, 0) is 0 Å². The molecule has 3 heterocycles. The molecule has 1 fully saturated rings. The molecule has 8 nitrogen and oxygen atoms in total. The number of hydrogen-bond acceptors (Lipinski definition) is 8. The SMILES string of the molecule is COc1c(C)cc(C2CCN(C[C@H](O)COc3cccc4oc(-c5nnc(C)o5)cc34)CC2)cc1Cl.Cl. The topological polar surface area (TPSA) is 94.0 Å². The minimum atomic E-state index is -0.612. The Hall–Kier alpha value is -2.78. The first kappa shape index (κ1) is 27.3. The number of nitrogens with zero attached hydrogens (tertiary/aromatic N) is 3. The van der Waals surface area contributed by atoms with E-state index in [1.165, 1.54) is 5.56 Å². The first-order valence-corrected chi connectivity index (χ1v) is 12.5. The molecule has 0 amide bonds. The maximum absolute atomic E-state index is 10.7. The molecule has 0 spiro atoms. The van der Waals surface area contributed by atoms with E-state index < -0.39 is 6.10 Å². The van der Waals surface area contributed by atoms with Crippen molar-refractivity contribution >= 4 is 35.0 Å². The summed E-state index contributed by atoms with van der Waals surface area (Å²) in [6.07, 6.45) is 1.42. The van der Waals surface area contributed by atoms with Crippen LogP contribution in [0.5, 0.6) is 11.5 Å². The van der Waals surface area contributed by atoms with Crippen molar-refractivity contribution in [2.24, 2.45) is 0 Å². The summed E-state index contributed by atoms with van der Waals surface area (Å²) >= 11 is 6.41. The van der Waals surface area contributed by atoms with Crippen molar-refractivity contribution in [3.63, 3.8) is 0 Å². The van der Waals surface area contributed by atoms with Gasteiger partial charge in [-0.25, -0.2) is 0 Å². The Kier molecular flexibility index (Phi) is 8.64. The molecule has 0 unspecified atom stereocenters. The number of aliphatic hydroxyl groups excluding tert-OH is 1. The van der Waals surface area contributed by atoms with Crippen molar-refractivity contribution in [3.8, 4) is 23.1 Å². The number of benzene rings is 2. The molecule has 0 saturated carbocycles. The molecule has 198 valence electrons. The largest absolute Gasteiger partial charge is 0.495 e. The van der Waals surface area contributed by atoms with Gasteiger partial charge < -0.3 is 28.3 Å². The zero-order valence-corrected chi connectivity index (χ0v) is 22.6. The van der Waals surface area contributed by atoms with Crippen LogP contribution in [0.25, 0.3) is 22.6 Å². The van der Waals surface area contributed by atoms with Gasteiger partial charge >= 0.3 is 0 Å². The third-order valence-electron chi connectivity index (χ3n) is 6.67. The van der Waals surface area contributed by atoms with E-state index >= 15 is 0 Å². The number of halogens is 2. The monoisotopic (exact) mass is 547 g/mol. The molecule has 2 aromatic heterocycles. The van der Waals surface area contributed by atoms with Crippen molar-refractivity contribution in [2.45, 2.75) is 38.7 Å². The zero-order valence-electron chi connectivity index (χ0n) is 21.1. The van der Waals surface area contributed by atoms with Gasteiger partial charge in [-0.1, -0.05) is 23.7 Å². The predicted molar refractivity (Wildman–Crippen MR) is 144 cm³/mol. The second kappa shape index (κ2) is 11.7. The highest BCUT2D eigenvalue weighted by atomic mass is 35.5. The number of furan rings is 1. The Balaban J connectivity index is 0.00000320. The second-order valence-electron chi connectivity index (χ2n) is 9.30. The molecule has 2 aromatic carbocycles. The molecule has 4 aromatic rings. The fraction of sp³-hybridized carbons (Fsp3) is 0.407. The molecule has 1 N–H and O–H groups in total. The Bertz CT molecular complexity index is 1320. The first-order chi connectivity index (χ1) is 17.4. The van der Waals surface area contributed by atoms with Crippen molar-refractivity contribution < 1.29 is 23.4 Å². The number of aryl methyl sites for hydroxylation is 2. The molecule has 0 radical (unpaired) electrons. The number of aromatic nitrogens is 2. The lowest BCUT2D eigenvalue weighted by Crippen LogP contribution is -2.40. The summed E-state index contributed by atoms with van der Waals surface area (Å²) < 4.78 is 22.7. The quantitative estimate of drug-likeness (QED) is 0.295. The number of aliphatic hydroxyl groups is 1.